The summed E-state index contributed by atoms with van der Waals surface area (Å²) in [5.74, 6) is -1.99. The van der Waals surface area contributed by atoms with Crippen LogP contribution in [0.1, 0.15) is 11.7 Å². The third kappa shape index (κ3) is 4.57. The van der Waals surface area contributed by atoms with Gasteiger partial charge >= 0.3 is 6.36 Å². The minimum atomic E-state index is -4.96. The lowest BCUT2D eigenvalue weighted by Gasteiger charge is -2.17. The Labute approximate surface area is 109 Å². The summed E-state index contributed by atoms with van der Waals surface area (Å²) < 4.78 is 52.8. The van der Waals surface area contributed by atoms with E-state index in [-0.39, 0.29) is 0 Å². The van der Waals surface area contributed by atoms with Crippen molar-refractivity contribution >= 4 is 0 Å². The van der Waals surface area contributed by atoms with E-state index in [1.54, 1.807) is 0 Å². The van der Waals surface area contributed by atoms with Crippen molar-refractivity contribution in [3.8, 4) is 5.75 Å². The zero-order chi connectivity index (χ0) is 15.3. The van der Waals surface area contributed by atoms with Crippen LogP contribution in [0.25, 0.3) is 10.4 Å². The Morgan fingerprint density at radius 2 is 2.00 bits per heavy atom. The Bertz CT molecular complexity index is 517. The zero-order valence-corrected chi connectivity index (χ0v) is 9.75. The highest BCUT2D eigenvalue weighted by Crippen LogP contribution is 2.28. The maximum Gasteiger partial charge on any atom is 0.573 e. The molecule has 1 aromatic rings. The molecule has 0 aliphatic rings. The minimum absolute atomic E-state index is 0.423. The molecule has 110 valence electrons. The van der Waals surface area contributed by atoms with Crippen LogP contribution >= 0.6 is 0 Å². The molecular weight excluding hydrogens is 286 g/mol. The first-order valence-corrected chi connectivity index (χ1v) is 5.17. The number of halogens is 4. The van der Waals surface area contributed by atoms with Crippen molar-refractivity contribution in [3.05, 3.63) is 40.0 Å². The molecule has 20 heavy (non-hydrogen) atoms. The monoisotopic (exact) mass is 295 g/mol. The first-order chi connectivity index (χ1) is 9.24. The Balaban J connectivity index is 2.89. The minimum Gasteiger partial charge on any atom is -0.406 e. The predicted octanol–water partition coefficient (Wildman–Crippen LogP) is 2.43. The summed E-state index contributed by atoms with van der Waals surface area (Å²) in [6.45, 7) is -0.516. The van der Waals surface area contributed by atoms with Gasteiger partial charge in [0.15, 0.2) is 0 Å². The highest BCUT2D eigenvalue weighted by molar-refractivity contribution is 5.30. The van der Waals surface area contributed by atoms with E-state index in [9.17, 15) is 27.8 Å². The molecule has 6 nitrogen and oxygen atoms in total. The maximum atomic E-state index is 13.5. The molecule has 0 heterocycles. The molecule has 1 rings (SSSR count). The van der Waals surface area contributed by atoms with Gasteiger partial charge in [-0.1, -0.05) is 5.11 Å². The molecule has 2 unspecified atom stereocenters. The fraction of sp³-hybridized carbons (Fsp3) is 0.400. The van der Waals surface area contributed by atoms with Crippen molar-refractivity contribution in [3.63, 3.8) is 0 Å². The molecule has 0 fully saturated rings. The summed E-state index contributed by atoms with van der Waals surface area (Å²) in [5.41, 5.74) is 7.59. The maximum absolute atomic E-state index is 13.5. The number of nitrogens with zero attached hydrogens (tertiary/aromatic N) is 3. The third-order valence-corrected chi connectivity index (χ3v) is 2.22. The Hall–Kier alpha value is -2.03. The average Bonchev–Trinajstić information content (AvgIpc) is 2.33. The predicted molar refractivity (Wildman–Crippen MR) is 58.1 cm³/mol. The van der Waals surface area contributed by atoms with E-state index in [4.69, 9.17) is 5.53 Å². The fourth-order valence-corrected chi connectivity index (χ4v) is 1.37. The summed E-state index contributed by atoms with van der Waals surface area (Å²) in [5, 5.41) is 22.0. The third-order valence-electron chi connectivity index (χ3n) is 2.22. The molecule has 0 saturated heterocycles. The molecule has 0 aliphatic carbocycles. The van der Waals surface area contributed by atoms with Gasteiger partial charge in [0.25, 0.3) is 0 Å². The lowest BCUT2D eigenvalue weighted by molar-refractivity contribution is -0.274. The molecular formula is C10H9F4N3O3. The van der Waals surface area contributed by atoms with Crippen molar-refractivity contribution in [2.75, 3.05) is 6.54 Å². The van der Waals surface area contributed by atoms with E-state index in [0.717, 1.165) is 12.1 Å². The van der Waals surface area contributed by atoms with Gasteiger partial charge in [-0.05, 0) is 17.7 Å². The SMILES string of the molecule is [N-]=[N+]=NCC(O)C(O)c1ccc(OC(F)(F)F)cc1F. The second-order valence-electron chi connectivity index (χ2n) is 3.66. The summed E-state index contributed by atoms with van der Waals surface area (Å²) >= 11 is 0. The van der Waals surface area contributed by atoms with Crippen LogP contribution < -0.4 is 4.74 Å². The van der Waals surface area contributed by atoms with Crippen molar-refractivity contribution in [1.82, 2.24) is 0 Å². The van der Waals surface area contributed by atoms with Crippen molar-refractivity contribution < 1.29 is 32.5 Å². The molecule has 0 radical (unpaired) electrons. The second kappa shape index (κ2) is 6.42. The topological polar surface area (TPSA) is 98.5 Å². The van der Waals surface area contributed by atoms with Crippen LogP contribution in [0.5, 0.6) is 5.75 Å². The molecule has 0 saturated carbocycles. The van der Waals surface area contributed by atoms with E-state index in [1.807, 2.05) is 0 Å². The van der Waals surface area contributed by atoms with Crippen LogP contribution in [0.15, 0.2) is 23.3 Å². The number of alkyl halides is 3. The summed E-state index contributed by atoms with van der Waals surface area (Å²) in [7, 11) is 0. The van der Waals surface area contributed by atoms with Gasteiger partial charge in [-0.25, -0.2) is 4.39 Å². The van der Waals surface area contributed by atoms with E-state index >= 15 is 0 Å². The van der Waals surface area contributed by atoms with Gasteiger partial charge in [0.1, 0.15) is 17.7 Å². The summed E-state index contributed by atoms with van der Waals surface area (Å²) in [6, 6.07) is 2.04. The number of aliphatic hydroxyl groups is 2. The van der Waals surface area contributed by atoms with Crippen LogP contribution in [0.3, 0.4) is 0 Å². The van der Waals surface area contributed by atoms with Gasteiger partial charge in [-0.15, -0.1) is 13.2 Å². The van der Waals surface area contributed by atoms with Crippen molar-refractivity contribution in [2.24, 2.45) is 5.11 Å². The summed E-state index contributed by atoms with van der Waals surface area (Å²) in [6.07, 6.45) is -8.30. The Kier molecular flexibility index (Phi) is 5.14. The molecule has 2 N–H and O–H groups in total. The lowest BCUT2D eigenvalue weighted by atomic mass is 10.0. The highest BCUT2D eigenvalue weighted by Gasteiger charge is 2.31. The quantitative estimate of drug-likeness (QED) is 0.377. The number of aliphatic hydroxyl groups excluding tert-OH is 2. The first kappa shape index (κ1) is 16.0. The number of ether oxygens (including phenoxy) is 1. The molecule has 2 atom stereocenters. The smallest absolute Gasteiger partial charge is 0.406 e. The van der Waals surface area contributed by atoms with Gasteiger partial charge in [-0.3, -0.25) is 0 Å². The number of rotatable bonds is 5. The normalized spacial score (nSPS) is 14.3. The van der Waals surface area contributed by atoms with E-state index in [0.29, 0.717) is 6.07 Å². The summed E-state index contributed by atoms with van der Waals surface area (Å²) in [4.78, 5) is 2.34. The van der Waals surface area contributed by atoms with Crippen LogP contribution in [0.4, 0.5) is 17.6 Å². The standard InChI is InChI=1S/C10H9F4N3O3/c11-7-3-5(20-10(12,13)14)1-2-6(7)9(19)8(18)4-16-17-15/h1-3,8-9,18-19H,4H2. The van der Waals surface area contributed by atoms with Crippen molar-refractivity contribution in [2.45, 2.75) is 18.6 Å². The zero-order valence-electron chi connectivity index (χ0n) is 9.75. The molecule has 0 bridgehead atoms. The largest absolute Gasteiger partial charge is 0.573 e. The van der Waals surface area contributed by atoms with Gasteiger partial charge in [0, 0.05) is 16.5 Å². The first-order valence-electron chi connectivity index (χ1n) is 5.17. The fourth-order valence-electron chi connectivity index (χ4n) is 1.37. The van der Waals surface area contributed by atoms with Crippen LogP contribution in [0, 0.1) is 5.82 Å². The van der Waals surface area contributed by atoms with Crippen LogP contribution in [0.2, 0.25) is 0 Å². The molecule has 1 aromatic carbocycles. The van der Waals surface area contributed by atoms with Crippen LogP contribution in [-0.2, 0) is 0 Å². The number of hydrogen-bond acceptors (Lipinski definition) is 4. The Morgan fingerprint density at radius 1 is 1.35 bits per heavy atom. The second-order valence-corrected chi connectivity index (χ2v) is 3.66. The van der Waals surface area contributed by atoms with E-state index in [2.05, 4.69) is 14.8 Å². The number of azide groups is 1. The molecule has 0 aromatic heterocycles. The molecule has 0 aliphatic heterocycles. The van der Waals surface area contributed by atoms with Gasteiger partial charge in [0.2, 0.25) is 0 Å². The number of hydrogen-bond donors (Lipinski definition) is 2. The highest BCUT2D eigenvalue weighted by atomic mass is 19.4. The Morgan fingerprint density at radius 3 is 2.50 bits per heavy atom. The van der Waals surface area contributed by atoms with E-state index in [1.165, 1.54) is 0 Å². The number of benzene rings is 1. The van der Waals surface area contributed by atoms with Gasteiger partial charge < -0.3 is 14.9 Å². The van der Waals surface area contributed by atoms with Gasteiger partial charge in [0.05, 0.1) is 12.6 Å². The molecule has 10 heteroatoms. The van der Waals surface area contributed by atoms with Crippen molar-refractivity contribution in [1.29, 1.82) is 0 Å². The average molecular weight is 295 g/mol. The van der Waals surface area contributed by atoms with Gasteiger partial charge in [-0.2, -0.15) is 0 Å². The van der Waals surface area contributed by atoms with E-state index < -0.39 is 42.2 Å². The van der Waals surface area contributed by atoms with Crippen LogP contribution in [-0.4, -0.2) is 29.2 Å². The lowest BCUT2D eigenvalue weighted by Crippen LogP contribution is -2.22. The molecule has 0 spiro atoms. The molecule has 0 amide bonds.